The van der Waals surface area contributed by atoms with Crippen LogP contribution in [0.1, 0.15) is 35.4 Å². The molecule has 6 nitrogen and oxygen atoms in total. The van der Waals surface area contributed by atoms with Crippen LogP contribution >= 0.6 is 23.2 Å². The first-order valence-corrected chi connectivity index (χ1v) is 12.6. The number of carbonyl (C=O) groups excluding carboxylic acids is 1. The highest BCUT2D eigenvalue weighted by atomic mass is 35.5. The number of carbonyl (C=O) groups is 1. The van der Waals surface area contributed by atoms with Crippen LogP contribution in [0.5, 0.6) is 0 Å². The lowest BCUT2D eigenvalue weighted by atomic mass is 10.0. The molecule has 4 rings (SSSR count). The summed E-state index contributed by atoms with van der Waals surface area (Å²) in [6.07, 6.45) is 0.646. The number of rotatable bonds is 5. The van der Waals surface area contributed by atoms with Gasteiger partial charge >= 0.3 is 0 Å². The molecule has 32 heavy (non-hydrogen) atoms. The molecule has 2 aliphatic heterocycles. The van der Waals surface area contributed by atoms with E-state index in [2.05, 4.69) is 4.36 Å². The molecule has 1 unspecified atom stereocenters. The highest BCUT2D eigenvalue weighted by Crippen LogP contribution is 2.35. The molecule has 2 aliphatic rings. The lowest BCUT2D eigenvalue weighted by molar-refractivity contribution is -0.0228. The zero-order chi connectivity index (χ0) is 22.9. The van der Waals surface area contributed by atoms with Crippen LogP contribution in [0.25, 0.3) is 0 Å². The van der Waals surface area contributed by atoms with E-state index in [4.69, 9.17) is 27.9 Å². The molecule has 0 N–H and O–H groups in total. The lowest BCUT2D eigenvalue weighted by Crippen LogP contribution is -2.47. The van der Waals surface area contributed by atoms with Gasteiger partial charge in [0.1, 0.15) is 6.10 Å². The first-order chi connectivity index (χ1) is 15.3. The Morgan fingerprint density at radius 1 is 1.19 bits per heavy atom. The molecular weight excluding hydrogens is 476 g/mol. The van der Waals surface area contributed by atoms with Crippen molar-refractivity contribution in [1.82, 2.24) is 9.21 Å². The first kappa shape index (κ1) is 23.4. The molecule has 0 saturated carbocycles. The summed E-state index contributed by atoms with van der Waals surface area (Å²) >= 11 is 12.7. The molecule has 0 aromatic heterocycles. The van der Waals surface area contributed by atoms with Crippen molar-refractivity contribution in [2.45, 2.75) is 19.4 Å². The summed E-state index contributed by atoms with van der Waals surface area (Å²) in [6.45, 7) is 3.93. The molecule has 2 heterocycles. The summed E-state index contributed by atoms with van der Waals surface area (Å²) < 4.78 is 37.8. The normalized spacial score (nSPS) is 21.6. The van der Waals surface area contributed by atoms with E-state index in [0.29, 0.717) is 38.7 Å². The van der Waals surface area contributed by atoms with E-state index < -0.39 is 10.3 Å². The standard InChI is InChI=1S/C22H24Cl2FN3O3S/c1-2-15-12-28(13-15)32(25,30)26-17-10-18(23)21(19(24)11-17)22(29)27-8-9-31-20(14-27)16-6-4-3-5-7-16/h3-7,10-11,15,20H,2,8-9,12-14H2,1H3/t20-,32?/m1/s1. The van der Waals surface area contributed by atoms with E-state index in [0.717, 1.165) is 12.0 Å². The molecule has 1 amide bonds. The number of amides is 1. The largest absolute Gasteiger partial charge is 0.370 e. The molecule has 2 fully saturated rings. The molecule has 2 atom stereocenters. The third kappa shape index (κ3) is 4.94. The van der Waals surface area contributed by atoms with Gasteiger partial charge in [-0.25, -0.2) is 0 Å². The van der Waals surface area contributed by atoms with Crippen LogP contribution in [-0.2, 0) is 15.0 Å². The van der Waals surface area contributed by atoms with Gasteiger partial charge in [0.25, 0.3) is 16.2 Å². The van der Waals surface area contributed by atoms with Crippen LogP contribution in [0.4, 0.5) is 9.57 Å². The number of nitrogens with zero attached hydrogens (tertiary/aromatic N) is 3. The second kappa shape index (κ2) is 9.65. The third-order valence-corrected chi connectivity index (χ3v) is 7.77. The van der Waals surface area contributed by atoms with Gasteiger partial charge in [0.15, 0.2) is 0 Å². The molecule has 2 aromatic rings. The lowest BCUT2D eigenvalue weighted by Gasteiger charge is -2.36. The number of hydrogen-bond acceptors (Lipinski definition) is 4. The van der Waals surface area contributed by atoms with Gasteiger partial charge in [0.2, 0.25) is 0 Å². The zero-order valence-corrected chi connectivity index (χ0v) is 19.9. The SMILES string of the molecule is CCC1CN(S(=O)(F)=Nc2cc(Cl)c(C(=O)N3CCO[C@@H](c4ccccc4)C3)c(Cl)c2)C1. The number of ether oxygens (including phenoxy) is 1. The van der Waals surface area contributed by atoms with Crippen LogP contribution in [0.2, 0.25) is 10.0 Å². The van der Waals surface area contributed by atoms with E-state index in [9.17, 15) is 12.9 Å². The summed E-state index contributed by atoms with van der Waals surface area (Å²) in [4.78, 5) is 14.8. The minimum atomic E-state index is -4.07. The van der Waals surface area contributed by atoms with Crippen molar-refractivity contribution in [3.8, 4) is 0 Å². The number of morpholine rings is 1. The van der Waals surface area contributed by atoms with Crippen LogP contribution in [0, 0.1) is 5.92 Å². The summed E-state index contributed by atoms with van der Waals surface area (Å²) in [6, 6.07) is 12.3. The van der Waals surface area contributed by atoms with Crippen LogP contribution < -0.4 is 0 Å². The van der Waals surface area contributed by atoms with E-state index in [1.54, 1.807) is 4.90 Å². The summed E-state index contributed by atoms with van der Waals surface area (Å²) in [5.74, 6) is -0.0209. The number of hydrogen-bond donors (Lipinski definition) is 0. The topological polar surface area (TPSA) is 62.2 Å². The summed E-state index contributed by atoms with van der Waals surface area (Å²) in [7, 11) is -4.07. The Labute approximate surface area is 197 Å². The van der Waals surface area contributed by atoms with Gasteiger partial charge in [-0.2, -0.15) is 12.9 Å². The van der Waals surface area contributed by atoms with E-state index in [1.807, 2.05) is 37.3 Å². The predicted octanol–water partition coefficient (Wildman–Crippen LogP) is 5.45. The average molecular weight is 500 g/mol. The molecule has 0 spiro atoms. The highest BCUT2D eigenvalue weighted by molar-refractivity contribution is 7.86. The molecule has 10 heteroatoms. The van der Waals surface area contributed by atoms with E-state index in [1.165, 1.54) is 16.4 Å². The first-order valence-electron chi connectivity index (χ1n) is 10.4. The van der Waals surface area contributed by atoms with E-state index >= 15 is 0 Å². The van der Waals surface area contributed by atoms with Crippen molar-refractivity contribution < 1.29 is 17.6 Å². The minimum Gasteiger partial charge on any atom is -0.370 e. The molecule has 2 aromatic carbocycles. The van der Waals surface area contributed by atoms with Gasteiger partial charge in [0.05, 0.1) is 34.4 Å². The van der Waals surface area contributed by atoms with Gasteiger partial charge in [-0.1, -0.05) is 66.9 Å². The zero-order valence-electron chi connectivity index (χ0n) is 17.5. The van der Waals surface area contributed by atoms with Crippen molar-refractivity contribution in [2.24, 2.45) is 10.3 Å². The molecule has 0 radical (unpaired) electrons. The van der Waals surface area contributed by atoms with Crippen LogP contribution in [0.3, 0.4) is 0 Å². The molecular formula is C22H24Cl2FN3O3S. The van der Waals surface area contributed by atoms with Crippen molar-refractivity contribution in [3.05, 3.63) is 63.6 Å². The van der Waals surface area contributed by atoms with Gasteiger partial charge in [-0.15, -0.1) is 3.89 Å². The Morgan fingerprint density at radius 2 is 1.84 bits per heavy atom. The second-order valence-corrected chi connectivity index (χ2v) is 10.3. The fraction of sp³-hybridized carbons (Fsp3) is 0.409. The van der Waals surface area contributed by atoms with Gasteiger partial charge in [-0.3, -0.25) is 4.79 Å². The monoisotopic (exact) mass is 499 g/mol. The summed E-state index contributed by atoms with van der Waals surface area (Å²) in [5, 5.41) is 0.0727. The predicted molar refractivity (Wildman–Crippen MR) is 124 cm³/mol. The molecule has 0 aliphatic carbocycles. The average Bonchev–Trinajstić information content (AvgIpc) is 2.72. The van der Waals surface area contributed by atoms with Crippen molar-refractivity contribution >= 4 is 45.1 Å². The summed E-state index contributed by atoms with van der Waals surface area (Å²) in [5.41, 5.74) is 1.12. The Bertz CT molecular complexity index is 1100. The maximum absolute atomic E-state index is 14.7. The molecule has 172 valence electrons. The fourth-order valence-electron chi connectivity index (χ4n) is 3.83. The van der Waals surface area contributed by atoms with E-state index in [-0.39, 0.29) is 33.3 Å². The van der Waals surface area contributed by atoms with Crippen molar-refractivity contribution in [2.75, 3.05) is 32.8 Å². The van der Waals surface area contributed by atoms with Crippen molar-refractivity contribution in [3.63, 3.8) is 0 Å². The highest BCUT2D eigenvalue weighted by Gasteiger charge is 2.34. The fourth-order valence-corrected chi connectivity index (χ4v) is 5.74. The maximum atomic E-state index is 14.7. The smallest absolute Gasteiger partial charge is 0.275 e. The molecule has 0 bridgehead atoms. The number of benzene rings is 2. The number of halogens is 3. The Morgan fingerprint density at radius 3 is 2.47 bits per heavy atom. The third-order valence-electron chi connectivity index (χ3n) is 5.80. The maximum Gasteiger partial charge on any atom is 0.275 e. The van der Waals surface area contributed by atoms with Crippen LogP contribution in [0.15, 0.2) is 46.8 Å². The Kier molecular flexibility index (Phi) is 7.07. The quantitative estimate of drug-likeness (QED) is 0.513. The Hall–Kier alpha value is -1.71. The van der Waals surface area contributed by atoms with Gasteiger partial charge in [-0.05, 0) is 23.6 Å². The molecule has 2 saturated heterocycles. The van der Waals surface area contributed by atoms with Crippen LogP contribution in [-0.4, -0.2) is 52.1 Å². The second-order valence-electron chi connectivity index (χ2n) is 7.95. The van der Waals surface area contributed by atoms with Crippen molar-refractivity contribution in [1.29, 1.82) is 0 Å². The van der Waals surface area contributed by atoms with Gasteiger partial charge < -0.3 is 9.64 Å². The minimum absolute atomic E-state index is 0.0353. The Balaban J connectivity index is 1.54. The van der Waals surface area contributed by atoms with Gasteiger partial charge in [0, 0.05) is 19.6 Å².